The molecular weight excluding hydrogens is 190 g/mol. The highest BCUT2D eigenvalue weighted by Gasteiger charge is 2.23. The Morgan fingerprint density at radius 3 is 2.33 bits per heavy atom. The standard InChI is InChI=1S/C12H21NO2/c14-12(7-10-8-15-9-10)13-11-5-3-1-2-4-6-11/h10-11H,1-9H2,(H,13,14). The van der Waals surface area contributed by atoms with E-state index in [4.69, 9.17) is 4.74 Å². The number of rotatable bonds is 3. The van der Waals surface area contributed by atoms with Gasteiger partial charge in [0.05, 0.1) is 13.2 Å². The summed E-state index contributed by atoms with van der Waals surface area (Å²) in [6.45, 7) is 1.55. The van der Waals surface area contributed by atoms with Gasteiger partial charge in [0, 0.05) is 18.4 Å². The van der Waals surface area contributed by atoms with Crippen molar-refractivity contribution >= 4 is 5.91 Å². The van der Waals surface area contributed by atoms with E-state index in [0.717, 1.165) is 13.2 Å². The van der Waals surface area contributed by atoms with Gasteiger partial charge in [-0.2, -0.15) is 0 Å². The van der Waals surface area contributed by atoms with Crippen molar-refractivity contribution in [3.05, 3.63) is 0 Å². The number of hydrogen-bond donors (Lipinski definition) is 1. The van der Waals surface area contributed by atoms with Crippen LogP contribution in [0.1, 0.15) is 44.9 Å². The van der Waals surface area contributed by atoms with E-state index < -0.39 is 0 Å². The van der Waals surface area contributed by atoms with Crippen LogP contribution < -0.4 is 5.32 Å². The average Bonchev–Trinajstić information content (AvgIpc) is 2.40. The van der Waals surface area contributed by atoms with Gasteiger partial charge in [-0.25, -0.2) is 0 Å². The van der Waals surface area contributed by atoms with Crippen LogP contribution in [0.4, 0.5) is 0 Å². The van der Waals surface area contributed by atoms with E-state index in [0.29, 0.717) is 18.4 Å². The van der Waals surface area contributed by atoms with Crippen molar-refractivity contribution in [1.29, 1.82) is 0 Å². The normalized spacial score (nSPS) is 24.3. The van der Waals surface area contributed by atoms with Crippen molar-refractivity contribution in [3.8, 4) is 0 Å². The highest BCUT2D eigenvalue weighted by atomic mass is 16.5. The second-order valence-corrected chi connectivity index (χ2v) is 4.86. The minimum absolute atomic E-state index is 0.232. The van der Waals surface area contributed by atoms with Crippen molar-refractivity contribution in [1.82, 2.24) is 5.32 Å². The van der Waals surface area contributed by atoms with Gasteiger partial charge in [-0.3, -0.25) is 4.79 Å². The summed E-state index contributed by atoms with van der Waals surface area (Å²) in [7, 11) is 0. The Morgan fingerprint density at radius 2 is 1.80 bits per heavy atom. The van der Waals surface area contributed by atoms with Gasteiger partial charge >= 0.3 is 0 Å². The lowest BCUT2D eigenvalue weighted by atomic mass is 10.0. The summed E-state index contributed by atoms with van der Waals surface area (Å²) >= 11 is 0. The molecule has 1 N–H and O–H groups in total. The molecule has 0 aromatic carbocycles. The average molecular weight is 211 g/mol. The predicted molar refractivity (Wildman–Crippen MR) is 58.6 cm³/mol. The fourth-order valence-electron chi connectivity index (χ4n) is 2.37. The Kier molecular flexibility index (Phi) is 4.01. The fourth-order valence-corrected chi connectivity index (χ4v) is 2.37. The van der Waals surface area contributed by atoms with Gasteiger partial charge in [0.15, 0.2) is 0 Å². The maximum absolute atomic E-state index is 11.7. The van der Waals surface area contributed by atoms with Gasteiger partial charge in [-0.05, 0) is 12.8 Å². The third kappa shape index (κ3) is 3.49. The summed E-state index contributed by atoms with van der Waals surface area (Å²) in [4.78, 5) is 11.7. The van der Waals surface area contributed by atoms with Crippen LogP contribution in [0.25, 0.3) is 0 Å². The van der Waals surface area contributed by atoms with E-state index in [1.165, 1.54) is 38.5 Å². The predicted octanol–water partition coefficient (Wildman–Crippen LogP) is 1.86. The van der Waals surface area contributed by atoms with Crippen molar-refractivity contribution in [2.75, 3.05) is 13.2 Å². The molecule has 86 valence electrons. The molecule has 0 radical (unpaired) electrons. The number of nitrogens with one attached hydrogen (secondary N) is 1. The molecular formula is C12H21NO2. The van der Waals surface area contributed by atoms with E-state index in [1.54, 1.807) is 0 Å². The van der Waals surface area contributed by atoms with Crippen LogP contribution in [0.3, 0.4) is 0 Å². The first-order valence-electron chi connectivity index (χ1n) is 6.21. The molecule has 3 heteroatoms. The Bertz CT molecular complexity index is 206. The molecule has 2 aliphatic rings. The second kappa shape index (κ2) is 5.50. The monoisotopic (exact) mass is 211 g/mol. The van der Waals surface area contributed by atoms with E-state index in [2.05, 4.69) is 5.32 Å². The lowest BCUT2D eigenvalue weighted by molar-refractivity contribution is -0.127. The summed E-state index contributed by atoms with van der Waals surface area (Å²) in [6, 6.07) is 0.445. The van der Waals surface area contributed by atoms with Crippen molar-refractivity contribution in [3.63, 3.8) is 0 Å². The van der Waals surface area contributed by atoms with Crippen molar-refractivity contribution < 1.29 is 9.53 Å². The lowest BCUT2D eigenvalue weighted by Crippen LogP contribution is -2.39. The van der Waals surface area contributed by atoms with Crippen LogP contribution in [0, 0.1) is 5.92 Å². The lowest BCUT2D eigenvalue weighted by Gasteiger charge is -2.26. The molecule has 3 nitrogen and oxygen atoms in total. The van der Waals surface area contributed by atoms with Gasteiger partial charge in [-0.1, -0.05) is 25.7 Å². The van der Waals surface area contributed by atoms with E-state index >= 15 is 0 Å². The quantitative estimate of drug-likeness (QED) is 0.724. The SMILES string of the molecule is O=C(CC1COC1)NC1CCCCCC1. The molecule has 1 amide bonds. The zero-order chi connectivity index (χ0) is 10.5. The first-order valence-corrected chi connectivity index (χ1v) is 6.21. The molecule has 0 unspecified atom stereocenters. The van der Waals surface area contributed by atoms with Gasteiger partial charge in [0.1, 0.15) is 0 Å². The van der Waals surface area contributed by atoms with Crippen LogP contribution in [0.5, 0.6) is 0 Å². The Hall–Kier alpha value is -0.570. The molecule has 0 aromatic rings. The van der Waals surface area contributed by atoms with Crippen molar-refractivity contribution in [2.24, 2.45) is 5.92 Å². The summed E-state index contributed by atoms with van der Waals surface area (Å²) in [6.07, 6.45) is 8.23. The third-order valence-electron chi connectivity index (χ3n) is 3.40. The molecule has 15 heavy (non-hydrogen) atoms. The van der Waals surface area contributed by atoms with Crippen LogP contribution in [-0.4, -0.2) is 25.2 Å². The summed E-state index contributed by atoms with van der Waals surface area (Å²) in [5.41, 5.74) is 0. The Morgan fingerprint density at radius 1 is 1.13 bits per heavy atom. The first kappa shape index (κ1) is 10.9. The van der Waals surface area contributed by atoms with Gasteiger partial charge in [-0.15, -0.1) is 0 Å². The van der Waals surface area contributed by atoms with Crippen LogP contribution >= 0.6 is 0 Å². The minimum atomic E-state index is 0.232. The Labute approximate surface area is 91.6 Å². The number of hydrogen-bond acceptors (Lipinski definition) is 2. The summed E-state index contributed by atoms with van der Waals surface area (Å²) in [5.74, 6) is 0.714. The van der Waals surface area contributed by atoms with E-state index in [-0.39, 0.29) is 5.91 Å². The molecule has 1 aliphatic heterocycles. The molecule has 0 atom stereocenters. The second-order valence-electron chi connectivity index (χ2n) is 4.86. The molecule has 1 heterocycles. The van der Waals surface area contributed by atoms with Gasteiger partial charge in [0.2, 0.25) is 5.91 Å². The molecule has 0 aromatic heterocycles. The fraction of sp³-hybridized carbons (Fsp3) is 0.917. The zero-order valence-corrected chi connectivity index (χ0v) is 9.34. The van der Waals surface area contributed by atoms with Crippen LogP contribution in [-0.2, 0) is 9.53 Å². The molecule has 0 bridgehead atoms. The van der Waals surface area contributed by atoms with Gasteiger partial charge < -0.3 is 10.1 Å². The zero-order valence-electron chi connectivity index (χ0n) is 9.34. The molecule has 1 saturated carbocycles. The minimum Gasteiger partial charge on any atom is -0.381 e. The maximum Gasteiger partial charge on any atom is 0.220 e. The maximum atomic E-state index is 11.7. The van der Waals surface area contributed by atoms with Crippen LogP contribution in [0.2, 0.25) is 0 Å². The highest BCUT2D eigenvalue weighted by Crippen LogP contribution is 2.18. The molecule has 1 aliphatic carbocycles. The number of amides is 1. The van der Waals surface area contributed by atoms with E-state index in [1.807, 2.05) is 0 Å². The number of carbonyl (C=O) groups excluding carboxylic acids is 1. The topological polar surface area (TPSA) is 38.3 Å². The summed E-state index contributed by atoms with van der Waals surface area (Å²) in [5, 5.41) is 3.16. The van der Waals surface area contributed by atoms with Gasteiger partial charge in [0.25, 0.3) is 0 Å². The molecule has 2 fully saturated rings. The molecule has 0 spiro atoms. The van der Waals surface area contributed by atoms with Crippen LogP contribution in [0.15, 0.2) is 0 Å². The van der Waals surface area contributed by atoms with E-state index in [9.17, 15) is 4.79 Å². The molecule has 2 rings (SSSR count). The third-order valence-corrected chi connectivity index (χ3v) is 3.40. The molecule has 1 saturated heterocycles. The number of carbonyl (C=O) groups is 1. The van der Waals surface area contributed by atoms with Crippen molar-refractivity contribution in [2.45, 2.75) is 51.0 Å². The summed E-state index contributed by atoms with van der Waals surface area (Å²) < 4.78 is 5.07. The first-order chi connectivity index (χ1) is 7.34. The number of ether oxygens (including phenoxy) is 1. The largest absolute Gasteiger partial charge is 0.381 e. The Balaban J connectivity index is 1.67. The smallest absolute Gasteiger partial charge is 0.220 e. The highest BCUT2D eigenvalue weighted by molar-refractivity contribution is 5.76.